The van der Waals surface area contributed by atoms with Crippen molar-refractivity contribution in [2.24, 2.45) is 0 Å². The molecule has 1 aromatic rings. The molecule has 0 amide bonds. The maximum atomic E-state index is 11.5. The molecule has 132 valence electrons. The lowest BCUT2D eigenvalue weighted by atomic mass is 10.1. The van der Waals surface area contributed by atoms with Crippen molar-refractivity contribution in [2.75, 3.05) is 11.5 Å². The van der Waals surface area contributed by atoms with E-state index in [1.807, 2.05) is 0 Å². The Morgan fingerprint density at radius 2 is 1.48 bits per heavy atom. The second kappa shape index (κ2) is 12.4. The molecule has 0 spiro atoms. The molecular formula is C17H32N4OS. The fraction of sp³-hybridized carbons (Fsp3) is 0.824. The van der Waals surface area contributed by atoms with Gasteiger partial charge in [0.25, 0.3) is 0 Å². The SMILES string of the molecule is CCCCCCCCCCCCCSc1nnc(N)n1C(C)=O. The van der Waals surface area contributed by atoms with Crippen molar-refractivity contribution in [2.45, 2.75) is 89.6 Å². The highest BCUT2D eigenvalue weighted by Gasteiger charge is 2.12. The summed E-state index contributed by atoms with van der Waals surface area (Å²) >= 11 is 1.56. The number of nitrogen functional groups attached to an aromatic ring is 1. The summed E-state index contributed by atoms with van der Waals surface area (Å²) in [4.78, 5) is 11.5. The number of anilines is 1. The van der Waals surface area contributed by atoms with Crippen LogP contribution < -0.4 is 5.73 Å². The summed E-state index contributed by atoms with van der Waals surface area (Å²) in [6.07, 6.45) is 14.7. The second-order valence-corrected chi connectivity index (χ2v) is 7.14. The van der Waals surface area contributed by atoms with Gasteiger partial charge in [-0.15, -0.1) is 10.2 Å². The van der Waals surface area contributed by atoms with Crippen LogP contribution in [-0.2, 0) is 0 Å². The molecular weight excluding hydrogens is 308 g/mol. The average molecular weight is 341 g/mol. The van der Waals surface area contributed by atoms with Gasteiger partial charge in [-0.2, -0.15) is 0 Å². The van der Waals surface area contributed by atoms with Gasteiger partial charge in [-0.05, 0) is 6.42 Å². The smallest absolute Gasteiger partial charge is 0.232 e. The van der Waals surface area contributed by atoms with Gasteiger partial charge in [-0.1, -0.05) is 82.9 Å². The maximum Gasteiger partial charge on any atom is 0.232 e. The molecule has 0 saturated carbocycles. The maximum absolute atomic E-state index is 11.5. The van der Waals surface area contributed by atoms with Crippen LogP contribution in [0.3, 0.4) is 0 Å². The minimum absolute atomic E-state index is 0.131. The first-order valence-corrected chi connectivity index (χ1v) is 10.00. The van der Waals surface area contributed by atoms with E-state index in [9.17, 15) is 4.79 Å². The molecule has 5 nitrogen and oxygen atoms in total. The molecule has 23 heavy (non-hydrogen) atoms. The zero-order chi connectivity index (χ0) is 16.9. The third-order valence-electron chi connectivity index (χ3n) is 3.95. The minimum Gasteiger partial charge on any atom is -0.367 e. The van der Waals surface area contributed by atoms with E-state index in [1.54, 1.807) is 11.8 Å². The first-order valence-electron chi connectivity index (χ1n) is 9.01. The van der Waals surface area contributed by atoms with Crippen molar-refractivity contribution in [1.82, 2.24) is 14.8 Å². The van der Waals surface area contributed by atoms with Crippen LogP contribution in [0.5, 0.6) is 0 Å². The summed E-state index contributed by atoms with van der Waals surface area (Å²) in [7, 11) is 0. The molecule has 1 rings (SSSR count). The number of thioether (sulfide) groups is 1. The summed E-state index contributed by atoms with van der Waals surface area (Å²) in [5.41, 5.74) is 5.63. The van der Waals surface area contributed by atoms with E-state index >= 15 is 0 Å². The Hall–Kier alpha value is -1.04. The lowest BCUT2D eigenvalue weighted by Gasteiger charge is -2.04. The predicted molar refractivity (Wildman–Crippen MR) is 97.9 cm³/mol. The molecule has 0 radical (unpaired) electrons. The summed E-state index contributed by atoms with van der Waals surface area (Å²) in [6.45, 7) is 3.74. The summed E-state index contributed by atoms with van der Waals surface area (Å²) in [6, 6.07) is 0. The van der Waals surface area contributed by atoms with Crippen LogP contribution in [0.2, 0.25) is 0 Å². The molecule has 0 saturated heterocycles. The minimum atomic E-state index is -0.131. The quantitative estimate of drug-likeness (QED) is 0.407. The first kappa shape index (κ1) is 20.0. The second-order valence-electron chi connectivity index (χ2n) is 6.08. The van der Waals surface area contributed by atoms with E-state index in [1.165, 1.54) is 75.7 Å². The van der Waals surface area contributed by atoms with E-state index in [2.05, 4.69) is 17.1 Å². The van der Waals surface area contributed by atoms with Crippen LogP contribution in [-0.4, -0.2) is 26.4 Å². The Morgan fingerprint density at radius 3 is 2.00 bits per heavy atom. The number of aromatic nitrogens is 3. The predicted octanol–water partition coefficient (Wildman–Crippen LogP) is 4.92. The molecule has 0 aliphatic heterocycles. The van der Waals surface area contributed by atoms with Gasteiger partial charge >= 0.3 is 0 Å². The van der Waals surface area contributed by atoms with Crippen LogP contribution >= 0.6 is 11.8 Å². The fourth-order valence-corrected chi connectivity index (χ4v) is 3.58. The van der Waals surface area contributed by atoms with Gasteiger partial charge in [0.15, 0.2) is 5.16 Å². The molecule has 0 bridgehead atoms. The van der Waals surface area contributed by atoms with Crippen LogP contribution in [0.1, 0.15) is 89.3 Å². The van der Waals surface area contributed by atoms with Gasteiger partial charge in [0.2, 0.25) is 11.9 Å². The van der Waals surface area contributed by atoms with Gasteiger partial charge in [-0.25, -0.2) is 4.57 Å². The van der Waals surface area contributed by atoms with Crippen LogP contribution in [0.25, 0.3) is 0 Å². The Bertz CT molecular complexity index is 448. The zero-order valence-electron chi connectivity index (χ0n) is 14.7. The van der Waals surface area contributed by atoms with Crippen LogP contribution in [0.4, 0.5) is 5.95 Å². The van der Waals surface area contributed by atoms with Gasteiger partial charge in [0.1, 0.15) is 0 Å². The highest BCUT2D eigenvalue weighted by Crippen LogP contribution is 2.20. The largest absolute Gasteiger partial charge is 0.367 e. The molecule has 0 aliphatic rings. The Kier molecular flexibility index (Phi) is 10.8. The summed E-state index contributed by atoms with van der Waals surface area (Å²) in [5, 5.41) is 8.33. The fourth-order valence-electron chi connectivity index (χ4n) is 2.60. The first-order chi connectivity index (χ1) is 11.2. The van der Waals surface area contributed by atoms with Crippen molar-refractivity contribution in [3.8, 4) is 0 Å². The number of unbranched alkanes of at least 4 members (excludes halogenated alkanes) is 10. The van der Waals surface area contributed by atoms with E-state index < -0.39 is 0 Å². The number of nitrogens with two attached hydrogens (primary N) is 1. The van der Waals surface area contributed by atoms with Gasteiger partial charge in [0.05, 0.1) is 0 Å². The van der Waals surface area contributed by atoms with Crippen LogP contribution in [0, 0.1) is 0 Å². The molecule has 0 atom stereocenters. The van der Waals surface area contributed by atoms with E-state index in [0.717, 1.165) is 12.2 Å². The number of nitrogens with zero attached hydrogens (tertiary/aromatic N) is 3. The number of carbonyl (C=O) groups is 1. The topological polar surface area (TPSA) is 73.8 Å². The van der Waals surface area contributed by atoms with Crippen LogP contribution in [0.15, 0.2) is 5.16 Å². The lowest BCUT2D eigenvalue weighted by molar-refractivity contribution is 0.0929. The molecule has 0 unspecified atom stereocenters. The highest BCUT2D eigenvalue weighted by molar-refractivity contribution is 7.99. The van der Waals surface area contributed by atoms with Crippen molar-refractivity contribution in [3.63, 3.8) is 0 Å². The number of hydrogen-bond acceptors (Lipinski definition) is 5. The van der Waals surface area contributed by atoms with Gasteiger partial charge in [-0.3, -0.25) is 4.79 Å². The number of rotatable bonds is 13. The molecule has 1 aromatic heterocycles. The molecule has 6 heteroatoms. The van der Waals surface area contributed by atoms with E-state index in [4.69, 9.17) is 5.73 Å². The molecule has 0 aromatic carbocycles. The Balaban J connectivity index is 1.97. The Labute approximate surface area is 144 Å². The van der Waals surface area contributed by atoms with Crippen molar-refractivity contribution in [3.05, 3.63) is 0 Å². The lowest BCUT2D eigenvalue weighted by Crippen LogP contribution is -2.10. The average Bonchev–Trinajstić information content (AvgIpc) is 2.89. The van der Waals surface area contributed by atoms with Gasteiger partial charge < -0.3 is 5.73 Å². The zero-order valence-corrected chi connectivity index (χ0v) is 15.5. The summed E-state index contributed by atoms with van der Waals surface area (Å²) < 4.78 is 1.38. The summed E-state index contributed by atoms with van der Waals surface area (Å²) in [5.74, 6) is 1.01. The molecule has 0 fully saturated rings. The number of hydrogen-bond donors (Lipinski definition) is 1. The van der Waals surface area contributed by atoms with E-state index in [0.29, 0.717) is 5.16 Å². The van der Waals surface area contributed by atoms with Crippen molar-refractivity contribution in [1.29, 1.82) is 0 Å². The van der Waals surface area contributed by atoms with Crippen molar-refractivity contribution >= 4 is 23.6 Å². The number of carbonyl (C=O) groups excluding carboxylic acids is 1. The monoisotopic (exact) mass is 340 g/mol. The standard InChI is InChI=1S/C17H32N4OS/c1-3-4-5-6-7-8-9-10-11-12-13-14-23-17-20-19-16(18)21(17)15(2)22/h3-14H2,1-2H3,(H2,18,19). The highest BCUT2D eigenvalue weighted by atomic mass is 32.2. The van der Waals surface area contributed by atoms with E-state index in [-0.39, 0.29) is 11.9 Å². The van der Waals surface area contributed by atoms with Gasteiger partial charge in [0, 0.05) is 12.7 Å². The molecule has 1 heterocycles. The molecule has 0 aliphatic carbocycles. The molecule has 2 N–H and O–H groups in total. The third kappa shape index (κ3) is 8.39. The third-order valence-corrected chi connectivity index (χ3v) is 4.97. The normalized spacial score (nSPS) is 11.0. The van der Waals surface area contributed by atoms with Crippen molar-refractivity contribution < 1.29 is 4.79 Å². The Morgan fingerprint density at radius 1 is 0.957 bits per heavy atom.